The molecule has 0 fully saturated rings. The van der Waals surface area contributed by atoms with Crippen LogP contribution in [0, 0.1) is 0 Å². The van der Waals surface area contributed by atoms with Gasteiger partial charge in [-0.2, -0.15) is 0 Å². The van der Waals surface area contributed by atoms with Crippen LogP contribution in [0.1, 0.15) is 11.1 Å². The summed E-state index contributed by atoms with van der Waals surface area (Å²) in [6.07, 6.45) is 0.387. The molecule has 0 aromatic heterocycles. The molecule has 0 bridgehead atoms. The van der Waals surface area contributed by atoms with Crippen molar-refractivity contribution >= 4 is 35.1 Å². The quantitative estimate of drug-likeness (QED) is 0.906. The number of nitrogens with two attached hydrogens (primary N) is 1. The van der Waals surface area contributed by atoms with Crippen LogP contribution in [-0.2, 0) is 16.8 Å². The summed E-state index contributed by atoms with van der Waals surface area (Å²) in [6.45, 7) is 0. The average Bonchev–Trinajstić information content (AvgIpc) is 2.77. The van der Waals surface area contributed by atoms with Gasteiger partial charge < -0.3 is 5.73 Å². The molecule has 6 heteroatoms. The molecule has 4 nitrogen and oxygen atoms in total. The smallest absolute Gasteiger partial charge is 0.259 e. The Kier molecular flexibility index (Phi) is 3.81. The van der Waals surface area contributed by atoms with Crippen LogP contribution in [0.25, 0.3) is 0 Å². The van der Waals surface area contributed by atoms with Crippen molar-refractivity contribution in [2.75, 3.05) is 0 Å². The third kappa shape index (κ3) is 2.67. The maximum Gasteiger partial charge on any atom is 0.259 e. The predicted molar refractivity (Wildman–Crippen MR) is 88.1 cm³/mol. The van der Waals surface area contributed by atoms with E-state index >= 15 is 0 Å². The topological polar surface area (TPSA) is 67.5 Å². The van der Waals surface area contributed by atoms with Crippen molar-refractivity contribution in [2.24, 2.45) is 10.7 Å². The van der Waals surface area contributed by atoms with Crippen LogP contribution >= 0.6 is 23.2 Å². The summed E-state index contributed by atoms with van der Waals surface area (Å²) in [5.41, 5.74) is 6.31. The summed E-state index contributed by atoms with van der Waals surface area (Å²) in [4.78, 5) is 16.9. The number of rotatable bonds is 3. The Morgan fingerprint density at radius 1 is 1.00 bits per heavy atom. The summed E-state index contributed by atoms with van der Waals surface area (Å²) in [5, 5.41) is 3.82. The first kappa shape index (κ1) is 14.9. The fraction of sp³-hybridized carbons (Fsp3) is 0.125. The zero-order valence-corrected chi connectivity index (χ0v) is 13.0. The Hall–Kier alpha value is -2.04. The summed E-state index contributed by atoms with van der Waals surface area (Å²) in [6, 6.07) is 14.4. The maximum atomic E-state index is 12.5. The van der Waals surface area contributed by atoms with Crippen LogP contribution in [0.15, 0.2) is 53.5 Å². The van der Waals surface area contributed by atoms with Crippen LogP contribution in [-0.4, -0.2) is 11.9 Å². The Bertz CT molecular complexity index is 741. The van der Waals surface area contributed by atoms with Crippen LogP contribution in [0.2, 0.25) is 10.0 Å². The van der Waals surface area contributed by atoms with Gasteiger partial charge in [0.15, 0.2) is 11.5 Å². The number of nitrogens with zero attached hydrogens (tertiary/aromatic N) is 1. The molecule has 1 aliphatic heterocycles. The van der Waals surface area contributed by atoms with Gasteiger partial charge in [-0.3, -0.25) is 10.1 Å². The largest absolute Gasteiger partial charge is 0.370 e. The van der Waals surface area contributed by atoms with Crippen LogP contribution in [0.3, 0.4) is 0 Å². The van der Waals surface area contributed by atoms with Crippen molar-refractivity contribution in [3.05, 3.63) is 69.7 Å². The minimum atomic E-state index is -1.08. The van der Waals surface area contributed by atoms with E-state index in [1.807, 2.05) is 12.1 Å². The molecule has 2 aromatic rings. The van der Waals surface area contributed by atoms with Gasteiger partial charge in [0.25, 0.3) is 5.91 Å². The normalized spacial score (nSPS) is 20.6. The monoisotopic (exact) mass is 333 g/mol. The zero-order valence-electron chi connectivity index (χ0n) is 11.5. The maximum absolute atomic E-state index is 12.5. The number of amides is 1. The predicted octanol–water partition coefficient (Wildman–Crippen LogP) is 2.88. The first-order valence-corrected chi connectivity index (χ1v) is 7.42. The van der Waals surface area contributed by atoms with E-state index in [-0.39, 0.29) is 11.9 Å². The molecule has 1 aliphatic rings. The van der Waals surface area contributed by atoms with Gasteiger partial charge in [-0.1, -0.05) is 47.5 Å². The molecule has 3 N–H and O–H groups in total. The molecule has 0 unspecified atom stereocenters. The molecule has 1 atom stereocenters. The molecule has 1 heterocycles. The van der Waals surface area contributed by atoms with E-state index in [0.717, 1.165) is 11.1 Å². The summed E-state index contributed by atoms with van der Waals surface area (Å²) in [5.74, 6) is -0.129. The van der Waals surface area contributed by atoms with E-state index in [9.17, 15) is 4.79 Å². The summed E-state index contributed by atoms with van der Waals surface area (Å²) >= 11 is 11.8. The van der Waals surface area contributed by atoms with Crippen molar-refractivity contribution in [1.82, 2.24) is 5.32 Å². The Morgan fingerprint density at radius 3 is 2.05 bits per heavy atom. The summed E-state index contributed by atoms with van der Waals surface area (Å²) in [7, 11) is 0. The number of carbonyl (C=O) groups is 1. The Labute approximate surface area is 137 Å². The second kappa shape index (κ2) is 5.63. The van der Waals surface area contributed by atoms with Gasteiger partial charge in [0.05, 0.1) is 0 Å². The van der Waals surface area contributed by atoms with Gasteiger partial charge in [-0.05, 0) is 35.4 Å². The first-order valence-electron chi connectivity index (χ1n) is 6.67. The Morgan fingerprint density at radius 2 is 1.55 bits per heavy atom. The highest BCUT2D eigenvalue weighted by atomic mass is 35.5. The van der Waals surface area contributed by atoms with Gasteiger partial charge in [0.2, 0.25) is 0 Å². The molecule has 112 valence electrons. The van der Waals surface area contributed by atoms with E-state index in [0.29, 0.717) is 16.5 Å². The van der Waals surface area contributed by atoms with E-state index in [1.54, 1.807) is 36.4 Å². The second-order valence-electron chi connectivity index (χ2n) is 5.12. The van der Waals surface area contributed by atoms with Crippen LogP contribution in [0.4, 0.5) is 0 Å². The third-order valence-electron chi connectivity index (χ3n) is 3.62. The van der Waals surface area contributed by atoms with Crippen molar-refractivity contribution in [3.63, 3.8) is 0 Å². The molecule has 22 heavy (non-hydrogen) atoms. The van der Waals surface area contributed by atoms with Gasteiger partial charge >= 0.3 is 0 Å². The molecule has 0 spiro atoms. The minimum absolute atomic E-state index is 0.119. The zero-order chi connectivity index (χ0) is 15.7. The van der Waals surface area contributed by atoms with Crippen molar-refractivity contribution in [1.29, 1.82) is 0 Å². The number of guanidine groups is 1. The van der Waals surface area contributed by atoms with Gasteiger partial charge in [0.1, 0.15) is 0 Å². The highest BCUT2D eigenvalue weighted by molar-refractivity contribution is 6.30. The summed E-state index contributed by atoms with van der Waals surface area (Å²) < 4.78 is 0. The highest BCUT2D eigenvalue weighted by Gasteiger charge is 2.44. The number of benzene rings is 2. The first-order chi connectivity index (χ1) is 10.5. The standard InChI is InChI=1S/C16H13Cl2N3O/c17-12-5-1-10(2-6-12)9-16(14(22)20-15(19)21-16)11-3-7-13(18)8-4-11/h1-8H,9H2,(H3,19,20,21,22)/t16-/m0/s1. The van der Waals surface area contributed by atoms with Gasteiger partial charge in [0, 0.05) is 16.5 Å². The fourth-order valence-electron chi connectivity index (χ4n) is 2.54. The van der Waals surface area contributed by atoms with Crippen molar-refractivity contribution in [3.8, 4) is 0 Å². The molecule has 2 aromatic carbocycles. The number of carbonyl (C=O) groups excluding carboxylic acids is 1. The lowest BCUT2D eigenvalue weighted by Crippen LogP contribution is -2.40. The number of hydrogen-bond acceptors (Lipinski definition) is 3. The van der Waals surface area contributed by atoms with E-state index < -0.39 is 5.54 Å². The average molecular weight is 334 g/mol. The van der Waals surface area contributed by atoms with E-state index in [4.69, 9.17) is 28.9 Å². The van der Waals surface area contributed by atoms with E-state index in [1.165, 1.54) is 0 Å². The fourth-order valence-corrected chi connectivity index (χ4v) is 2.80. The number of hydrogen-bond donors (Lipinski definition) is 2. The SMILES string of the molecule is NC1=N[C@@](Cc2ccc(Cl)cc2)(c2ccc(Cl)cc2)C(=O)N1. The lowest BCUT2D eigenvalue weighted by molar-refractivity contribution is -0.124. The number of aliphatic imine (C=N–C) groups is 1. The van der Waals surface area contributed by atoms with Gasteiger partial charge in [-0.25, -0.2) is 4.99 Å². The molecule has 3 rings (SSSR count). The molecular weight excluding hydrogens is 321 g/mol. The van der Waals surface area contributed by atoms with Gasteiger partial charge in [-0.15, -0.1) is 0 Å². The molecule has 1 amide bonds. The van der Waals surface area contributed by atoms with Crippen LogP contribution < -0.4 is 11.1 Å². The molecule has 0 aliphatic carbocycles. The van der Waals surface area contributed by atoms with E-state index in [2.05, 4.69) is 10.3 Å². The third-order valence-corrected chi connectivity index (χ3v) is 4.13. The molecule has 0 radical (unpaired) electrons. The number of halogens is 2. The minimum Gasteiger partial charge on any atom is -0.370 e. The molecule has 0 saturated carbocycles. The van der Waals surface area contributed by atoms with Crippen molar-refractivity contribution in [2.45, 2.75) is 12.0 Å². The second-order valence-corrected chi connectivity index (χ2v) is 5.99. The Balaban J connectivity index is 2.06. The van der Waals surface area contributed by atoms with Crippen LogP contribution in [0.5, 0.6) is 0 Å². The lowest BCUT2D eigenvalue weighted by atomic mass is 9.84. The molecular formula is C16H13Cl2N3O. The van der Waals surface area contributed by atoms with Crippen molar-refractivity contribution < 1.29 is 4.79 Å². The number of nitrogens with one attached hydrogen (secondary N) is 1. The lowest BCUT2D eigenvalue weighted by Gasteiger charge is -2.24. The molecule has 0 saturated heterocycles. The highest BCUT2D eigenvalue weighted by Crippen LogP contribution is 2.34.